The molecule has 0 atom stereocenters. The molecule has 0 bridgehead atoms. The molecule has 3 aromatic carbocycles. The quantitative estimate of drug-likeness (QED) is 0.0972. The summed E-state index contributed by atoms with van der Waals surface area (Å²) in [4.78, 5) is 26.5. The number of aliphatic imine (C=N–C) groups is 1. The van der Waals surface area contributed by atoms with Gasteiger partial charge in [0, 0.05) is 35.9 Å². The predicted molar refractivity (Wildman–Crippen MR) is 154 cm³/mol. The summed E-state index contributed by atoms with van der Waals surface area (Å²) in [7, 11) is 0. The second-order valence-corrected chi connectivity index (χ2v) is 8.17. The highest BCUT2D eigenvalue weighted by Gasteiger charge is 1.99. The van der Waals surface area contributed by atoms with Crippen LogP contribution in [0.15, 0.2) is 91.0 Å². The lowest BCUT2D eigenvalue weighted by atomic mass is 10.1. The lowest BCUT2D eigenvalue weighted by molar-refractivity contribution is -0.138. The van der Waals surface area contributed by atoms with Gasteiger partial charge in [-0.15, -0.1) is 0 Å². The maximum atomic E-state index is 11.0. The van der Waals surface area contributed by atoms with Gasteiger partial charge >= 0.3 is 11.9 Å². The highest BCUT2D eigenvalue weighted by Crippen LogP contribution is 2.22. The highest BCUT2D eigenvalue weighted by atomic mass is 16.5. The fourth-order valence-electron chi connectivity index (χ4n) is 3.29. The van der Waals surface area contributed by atoms with Crippen LogP contribution in [0, 0.1) is 23.7 Å². The molecule has 196 valence electrons. The largest absolute Gasteiger partial charge is 0.493 e. The van der Waals surface area contributed by atoms with Crippen LogP contribution in [0.2, 0.25) is 0 Å². The molecule has 0 aliphatic rings. The molecule has 0 spiro atoms. The molecule has 3 rings (SSSR count). The molecule has 6 nitrogen and oxygen atoms in total. The average Bonchev–Trinajstić information content (AvgIpc) is 2.97. The smallest absolute Gasteiger partial charge is 0.330 e. The van der Waals surface area contributed by atoms with Crippen molar-refractivity contribution in [3.63, 3.8) is 0 Å². The Hall–Kier alpha value is -5.07. The third-order valence-corrected chi connectivity index (χ3v) is 5.25. The first-order valence-electron chi connectivity index (χ1n) is 12.5. The molecule has 0 fully saturated rings. The molecule has 0 aliphatic heterocycles. The van der Waals surface area contributed by atoms with E-state index in [9.17, 15) is 9.59 Å². The summed E-state index contributed by atoms with van der Waals surface area (Å²) >= 11 is 0. The molecular weight excluding hydrogens is 490 g/mol. The van der Waals surface area contributed by atoms with Gasteiger partial charge in [0.2, 0.25) is 0 Å². The zero-order valence-electron chi connectivity index (χ0n) is 21.7. The molecule has 0 saturated heterocycles. The van der Waals surface area contributed by atoms with Crippen LogP contribution in [0.25, 0.3) is 10.8 Å². The average molecular weight is 520 g/mol. The molecule has 0 amide bonds. The maximum Gasteiger partial charge on any atom is 0.330 e. The topological polar surface area (TPSA) is 74.2 Å². The normalized spacial score (nSPS) is 10.1. The Bertz CT molecular complexity index is 1460. The number of unbranched alkanes of at least 4 members (excludes halogenated alkanes) is 1. The first-order valence-corrected chi connectivity index (χ1v) is 12.5. The summed E-state index contributed by atoms with van der Waals surface area (Å²) in [5, 5.41) is 2.14. The van der Waals surface area contributed by atoms with Crippen molar-refractivity contribution in [2.45, 2.75) is 19.3 Å². The molecule has 0 heterocycles. The van der Waals surface area contributed by atoms with Gasteiger partial charge in [0.1, 0.15) is 5.75 Å². The molecule has 0 N–H and O–H groups in total. The highest BCUT2D eigenvalue weighted by molar-refractivity contribution is 5.87. The fraction of sp³-hybridized carbons (Fsp3) is 0.182. The van der Waals surface area contributed by atoms with Gasteiger partial charge < -0.3 is 14.2 Å². The summed E-state index contributed by atoms with van der Waals surface area (Å²) in [5.41, 5.74) is 2.58. The van der Waals surface area contributed by atoms with Crippen molar-refractivity contribution in [3.05, 3.63) is 97.1 Å². The van der Waals surface area contributed by atoms with Crippen LogP contribution < -0.4 is 4.74 Å². The van der Waals surface area contributed by atoms with Crippen molar-refractivity contribution in [2.75, 3.05) is 19.8 Å². The Labute approximate surface area is 229 Å². The van der Waals surface area contributed by atoms with Crippen LogP contribution in [0.5, 0.6) is 5.75 Å². The molecule has 3 aromatic rings. The molecule has 0 unspecified atom stereocenters. The molecule has 0 radical (unpaired) electrons. The van der Waals surface area contributed by atoms with Crippen LogP contribution >= 0.6 is 0 Å². The zero-order valence-corrected chi connectivity index (χ0v) is 21.7. The van der Waals surface area contributed by atoms with Gasteiger partial charge in [-0.1, -0.05) is 37.1 Å². The van der Waals surface area contributed by atoms with E-state index in [4.69, 9.17) is 14.2 Å². The van der Waals surface area contributed by atoms with Crippen LogP contribution in [-0.4, -0.2) is 38.0 Å². The number of nitrogens with zero attached hydrogens (tertiary/aromatic N) is 1. The van der Waals surface area contributed by atoms with Crippen LogP contribution in [0.4, 0.5) is 5.69 Å². The van der Waals surface area contributed by atoms with E-state index in [1.807, 2.05) is 66.9 Å². The summed E-state index contributed by atoms with van der Waals surface area (Å²) in [6.07, 6.45) is 6.14. The summed E-state index contributed by atoms with van der Waals surface area (Å²) in [5.74, 6) is 11.8. The van der Waals surface area contributed by atoms with E-state index in [0.717, 1.165) is 45.5 Å². The number of carbonyl (C=O) groups excluding carboxylic acids is 2. The van der Waals surface area contributed by atoms with Crippen molar-refractivity contribution in [2.24, 2.45) is 4.99 Å². The van der Waals surface area contributed by atoms with E-state index < -0.39 is 11.9 Å². The minimum absolute atomic E-state index is 0.291. The van der Waals surface area contributed by atoms with Crippen molar-refractivity contribution < 1.29 is 23.8 Å². The molecular formula is C33H29NO5. The number of benzene rings is 3. The van der Waals surface area contributed by atoms with Gasteiger partial charge in [-0.3, -0.25) is 4.99 Å². The molecule has 39 heavy (non-hydrogen) atoms. The number of fused-ring (bicyclic) bond motifs is 1. The Balaban J connectivity index is 1.47. The fourth-order valence-corrected chi connectivity index (χ4v) is 3.29. The Morgan fingerprint density at radius 2 is 1.36 bits per heavy atom. The molecule has 0 saturated carbocycles. The number of hydrogen-bond acceptors (Lipinski definition) is 6. The van der Waals surface area contributed by atoms with Crippen molar-refractivity contribution in [1.29, 1.82) is 0 Å². The minimum Gasteiger partial charge on any atom is -0.493 e. The number of ether oxygens (including phenoxy) is 3. The van der Waals surface area contributed by atoms with Crippen LogP contribution in [0.3, 0.4) is 0 Å². The number of esters is 2. The first kappa shape index (κ1) is 28.5. The number of hydrogen-bond donors (Lipinski definition) is 0. The Morgan fingerprint density at radius 1 is 0.744 bits per heavy atom. The third kappa shape index (κ3) is 10.4. The van der Waals surface area contributed by atoms with Gasteiger partial charge in [-0.05, 0) is 84.0 Å². The van der Waals surface area contributed by atoms with Gasteiger partial charge in [0.25, 0.3) is 0 Å². The Kier molecular flexibility index (Phi) is 11.6. The third-order valence-electron chi connectivity index (χ3n) is 5.25. The number of carbonyl (C=O) groups is 2. The van der Waals surface area contributed by atoms with Gasteiger partial charge in [0.05, 0.1) is 25.5 Å². The van der Waals surface area contributed by atoms with Crippen molar-refractivity contribution >= 4 is 34.6 Å². The lowest BCUT2D eigenvalue weighted by Crippen LogP contribution is -2.06. The zero-order chi connectivity index (χ0) is 27.7. The molecule has 6 heteroatoms. The predicted octanol–water partition coefficient (Wildman–Crippen LogP) is 5.95. The van der Waals surface area contributed by atoms with Crippen LogP contribution in [-0.2, 0) is 19.1 Å². The molecule has 0 aliphatic carbocycles. The van der Waals surface area contributed by atoms with E-state index in [1.165, 1.54) is 0 Å². The minimum atomic E-state index is -0.433. The monoisotopic (exact) mass is 519 g/mol. The lowest BCUT2D eigenvalue weighted by Gasteiger charge is -2.06. The summed E-state index contributed by atoms with van der Waals surface area (Å²) < 4.78 is 15.5. The van der Waals surface area contributed by atoms with Crippen molar-refractivity contribution in [1.82, 2.24) is 0 Å². The second-order valence-electron chi connectivity index (χ2n) is 8.17. The summed E-state index contributed by atoms with van der Waals surface area (Å²) in [6, 6.07) is 19.4. The van der Waals surface area contributed by atoms with E-state index in [1.54, 1.807) is 0 Å². The van der Waals surface area contributed by atoms with E-state index in [0.29, 0.717) is 39.1 Å². The number of rotatable bonds is 12. The Morgan fingerprint density at radius 3 is 2.08 bits per heavy atom. The van der Waals surface area contributed by atoms with E-state index >= 15 is 0 Å². The standard InChI is InChI=1S/C33H29NO5/c1-3-32(35)38-21-8-7-20-34-30-17-16-28-24-27(12-15-29(28)25-30)11-6-5-10-26-13-18-31(19-14-26)37-22-9-23-39-33(36)4-2/h3-4,12-20,24-25H,1-2,7-9,21-23H2. The van der Waals surface area contributed by atoms with E-state index in [2.05, 4.69) is 41.8 Å². The first-order chi connectivity index (χ1) is 19.1. The van der Waals surface area contributed by atoms with Gasteiger partial charge in [-0.25, -0.2) is 9.59 Å². The second kappa shape index (κ2) is 15.9. The van der Waals surface area contributed by atoms with E-state index in [-0.39, 0.29) is 0 Å². The summed E-state index contributed by atoms with van der Waals surface area (Å²) in [6.45, 7) is 7.80. The van der Waals surface area contributed by atoms with Crippen LogP contribution in [0.1, 0.15) is 30.4 Å². The van der Waals surface area contributed by atoms with Gasteiger partial charge in [-0.2, -0.15) is 0 Å². The molecule has 0 aromatic heterocycles. The SMILES string of the molecule is C=CC(=O)OCCCC=Nc1ccc2cc(C#CC#Cc3ccc(OCCCOC(=O)C=C)cc3)ccc2c1. The van der Waals surface area contributed by atoms with Crippen molar-refractivity contribution in [3.8, 4) is 29.4 Å². The van der Waals surface area contributed by atoms with Gasteiger partial charge in [0.15, 0.2) is 0 Å². The maximum absolute atomic E-state index is 11.0.